The minimum atomic E-state index is -5.85. The van der Waals surface area contributed by atoms with Crippen molar-refractivity contribution in [2.24, 2.45) is 0 Å². The van der Waals surface area contributed by atoms with Crippen molar-refractivity contribution in [2.45, 2.75) is 0 Å². The van der Waals surface area contributed by atoms with E-state index in [9.17, 15) is 17.9 Å². The van der Waals surface area contributed by atoms with Gasteiger partial charge in [0.05, 0.1) is 0 Å². The minimum Gasteiger partial charge on any atom is -0.302 e. The van der Waals surface area contributed by atoms with Crippen LogP contribution in [0.3, 0.4) is 0 Å². The Labute approximate surface area is 70.6 Å². The lowest BCUT2D eigenvalue weighted by Gasteiger charge is -2.10. The first-order chi connectivity index (χ1) is 5.41. The number of phosphoric acid groups is 2. The summed E-state index contributed by atoms with van der Waals surface area (Å²) in [6.07, 6.45) is 0. The highest BCUT2D eigenvalue weighted by atomic mass is 31.3. The fourth-order valence-corrected chi connectivity index (χ4v) is 2.76. The maximum atomic E-state index is 11.7. The zero-order valence-electron chi connectivity index (χ0n) is 5.55. The van der Waals surface area contributed by atoms with Gasteiger partial charge in [0.1, 0.15) is 0 Å². The summed E-state index contributed by atoms with van der Waals surface area (Å²) >= 11 is 0. The molecule has 0 rings (SSSR count). The fourth-order valence-electron chi connectivity index (χ4n) is 0.277. The molecule has 0 spiro atoms. The van der Waals surface area contributed by atoms with Crippen LogP contribution in [0.1, 0.15) is 0 Å². The Balaban J connectivity index is 4.54. The van der Waals surface area contributed by atoms with Crippen LogP contribution >= 0.6 is 23.6 Å². The summed E-state index contributed by atoms with van der Waals surface area (Å²) in [4.78, 5) is 31.8. The molecule has 0 bridgehead atoms. The van der Waals surface area contributed by atoms with E-state index in [1.165, 1.54) is 0 Å². The molecule has 0 aliphatic heterocycles. The third kappa shape index (κ3) is 8.70. The molecule has 0 fully saturated rings. The summed E-state index contributed by atoms with van der Waals surface area (Å²) in [5.41, 5.74) is 0. The highest BCUT2D eigenvalue weighted by Gasteiger charge is 2.39. The van der Waals surface area contributed by atoms with Crippen molar-refractivity contribution in [3.63, 3.8) is 0 Å². The number of halogens is 1. The quantitative estimate of drug-likeness (QED) is 0.522. The van der Waals surface area contributed by atoms with Gasteiger partial charge < -0.3 is 14.7 Å². The lowest BCUT2D eigenvalue weighted by atomic mass is 15.7. The number of hydrogen-bond acceptors (Lipinski definition) is 5. The molecule has 0 radical (unpaired) electrons. The van der Waals surface area contributed by atoms with Crippen molar-refractivity contribution < 1.29 is 46.1 Å². The van der Waals surface area contributed by atoms with Crippen molar-refractivity contribution >= 4 is 23.6 Å². The standard InChI is InChI=1S/FH4O9P3/c1-11(2,3)9-13(7,8)10-12(4,5)6/h(H,2,3)(H,7,8)(H2,4,5,6). The third-order valence-corrected chi connectivity index (χ3v) is 3.72. The van der Waals surface area contributed by atoms with Crippen LogP contribution in [0, 0.1) is 0 Å². The first-order valence-electron chi connectivity index (χ1n) is 2.25. The van der Waals surface area contributed by atoms with Crippen LogP contribution in [0.4, 0.5) is 4.20 Å². The second-order valence-corrected chi connectivity index (χ2v) is 5.70. The van der Waals surface area contributed by atoms with E-state index < -0.39 is 23.6 Å². The molecule has 0 aromatic carbocycles. The van der Waals surface area contributed by atoms with Gasteiger partial charge in [0.15, 0.2) is 0 Å². The maximum Gasteiger partial charge on any atom is 0.519 e. The summed E-state index contributed by atoms with van der Waals surface area (Å²) in [5, 5.41) is 0. The molecule has 13 heavy (non-hydrogen) atoms. The Morgan fingerprint density at radius 2 is 1.31 bits per heavy atom. The molecular formula is H4FO9P3. The SMILES string of the molecule is O=P(O)(O)OP(=O)(O)OP(=O)(O)F. The molecule has 13 heteroatoms. The summed E-state index contributed by atoms with van der Waals surface area (Å²) in [7, 11) is -16.9. The first kappa shape index (κ1) is 13.4. The predicted octanol–water partition coefficient (Wildman–Crippen LogP) is 0.283. The second kappa shape index (κ2) is 3.86. The normalized spacial score (nSPS) is 21.9. The smallest absolute Gasteiger partial charge is 0.302 e. The fraction of sp³-hybridized carbons (Fsp3) is 0. The van der Waals surface area contributed by atoms with Gasteiger partial charge in [0.2, 0.25) is 0 Å². The summed E-state index contributed by atoms with van der Waals surface area (Å²) in [6.45, 7) is 0. The molecule has 0 saturated heterocycles. The topological polar surface area (TPSA) is 151 Å². The van der Waals surface area contributed by atoms with Crippen molar-refractivity contribution in [3.05, 3.63) is 0 Å². The lowest BCUT2D eigenvalue weighted by Crippen LogP contribution is -1.90. The zero-order chi connectivity index (χ0) is 10.9. The Morgan fingerprint density at radius 1 is 0.923 bits per heavy atom. The molecule has 0 aliphatic carbocycles. The summed E-state index contributed by atoms with van der Waals surface area (Å²) < 4.78 is 47.4. The Bertz CT molecular complexity index is 277. The second-order valence-electron chi connectivity index (χ2n) is 1.57. The van der Waals surface area contributed by atoms with Gasteiger partial charge in [-0.1, -0.05) is 0 Å². The van der Waals surface area contributed by atoms with E-state index in [-0.39, 0.29) is 0 Å². The third-order valence-electron chi connectivity index (χ3n) is 0.413. The molecule has 0 aromatic heterocycles. The largest absolute Gasteiger partial charge is 0.519 e. The molecule has 2 unspecified atom stereocenters. The Hall–Kier alpha value is 0.380. The van der Waals surface area contributed by atoms with E-state index in [4.69, 9.17) is 19.6 Å². The van der Waals surface area contributed by atoms with E-state index in [0.717, 1.165) is 0 Å². The van der Waals surface area contributed by atoms with Crippen LogP contribution < -0.4 is 0 Å². The van der Waals surface area contributed by atoms with E-state index in [2.05, 4.69) is 8.62 Å². The van der Waals surface area contributed by atoms with Gasteiger partial charge >= 0.3 is 23.6 Å². The zero-order valence-corrected chi connectivity index (χ0v) is 8.23. The molecule has 2 atom stereocenters. The van der Waals surface area contributed by atoms with Crippen LogP contribution in [0.25, 0.3) is 0 Å². The molecule has 0 heterocycles. The summed E-state index contributed by atoms with van der Waals surface area (Å²) in [5.74, 6) is 0. The lowest BCUT2D eigenvalue weighted by molar-refractivity contribution is 0.215. The van der Waals surface area contributed by atoms with Crippen LogP contribution in [-0.4, -0.2) is 19.6 Å². The number of hydrogen-bond donors (Lipinski definition) is 4. The summed E-state index contributed by atoms with van der Waals surface area (Å²) in [6, 6.07) is 0. The van der Waals surface area contributed by atoms with Gasteiger partial charge in [-0.15, -0.1) is 4.20 Å². The van der Waals surface area contributed by atoms with Gasteiger partial charge in [-0.25, -0.2) is 13.7 Å². The number of rotatable bonds is 4. The van der Waals surface area contributed by atoms with E-state index in [0.29, 0.717) is 0 Å². The van der Waals surface area contributed by atoms with Crippen molar-refractivity contribution in [2.75, 3.05) is 0 Å². The highest BCUT2D eigenvalue weighted by molar-refractivity contribution is 7.66. The van der Waals surface area contributed by atoms with Crippen LogP contribution in [0.2, 0.25) is 0 Å². The molecule has 4 N–H and O–H groups in total. The van der Waals surface area contributed by atoms with Gasteiger partial charge in [-0.2, -0.15) is 8.62 Å². The monoisotopic (exact) mass is 260 g/mol. The molecular weight excluding hydrogens is 256 g/mol. The maximum absolute atomic E-state index is 11.7. The molecule has 0 aliphatic rings. The van der Waals surface area contributed by atoms with Gasteiger partial charge in [-0.05, 0) is 0 Å². The molecule has 80 valence electrons. The van der Waals surface area contributed by atoms with Crippen molar-refractivity contribution in [1.82, 2.24) is 0 Å². The van der Waals surface area contributed by atoms with Crippen LogP contribution in [0.15, 0.2) is 0 Å². The average molecular weight is 260 g/mol. The Kier molecular flexibility index (Phi) is 3.97. The molecule has 0 saturated carbocycles. The molecule has 0 amide bonds. The first-order valence-corrected chi connectivity index (χ1v) is 6.74. The van der Waals surface area contributed by atoms with Gasteiger partial charge in [-0.3, -0.25) is 4.89 Å². The van der Waals surface area contributed by atoms with E-state index >= 15 is 0 Å². The predicted molar refractivity (Wildman–Crippen MR) is 35.0 cm³/mol. The van der Waals surface area contributed by atoms with Crippen LogP contribution in [0.5, 0.6) is 0 Å². The molecule has 0 aromatic rings. The van der Waals surface area contributed by atoms with Crippen molar-refractivity contribution in [1.29, 1.82) is 0 Å². The van der Waals surface area contributed by atoms with Crippen molar-refractivity contribution in [3.8, 4) is 0 Å². The highest BCUT2D eigenvalue weighted by Crippen LogP contribution is 2.66. The van der Waals surface area contributed by atoms with E-state index in [1.807, 2.05) is 0 Å². The van der Waals surface area contributed by atoms with Gasteiger partial charge in [0.25, 0.3) is 0 Å². The Morgan fingerprint density at radius 3 is 1.54 bits per heavy atom. The minimum absolute atomic E-state index is 2.84. The molecule has 9 nitrogen and oxygen atoms in total. The van der Waals surface area contributed by atoms with Crippen LogP contribution in [-0.2, 0) is 22.3 Å². The average Bonchev–Trinajstić information content (AvgIpc) is 1.43. The van der Waals surface area contributed by atoms with E-state index in [1.54, 1.807) is 0 Å². The van der Waals surface area contributed by atoms with Gasteiger partial charge in [0, 0.05) is 0 Å².